The van der Waals surface area contributed by atoms with Crippen LogP contribution in [0.4, 0.5) is 5.82 Å². The highest BCUT2D eigenvalue weighted by atomic mass is 15.3. The normalized spacial score (nSPS) is 18.4. The van der Waals surface area contributed by atoms with Crippen LogP contribution < -0.4 is 4.90 Å². The van der Waals surface area contributed by atoms with Crippen LogP contribution in [0, 0.1) is 0 Å². The first-order valence-electron chi connectivity index (χ1n) is 14.2. The summed E-state index contributed by atoms with van der Waals surface area (Å²) in [6.45, 7) is 10.5. The molecule has 4 heterocycles. The largest absolute Gasteiger partial charge is 0.355 e. The van der Waals surface area contributed by atoms with Crippen LogP contribution in [0.5, 0.6) is 0 Å². The molecule has 1 fully saturated rings. The van der Waals surface area contributed by atoms with Crippen LogP contribution >= 0.6 is 0 Å². The molecule has 6 heteroatoms. The molecule has 1 aliphatic carbocycles. The van der Waals surface area contributed by atoms with E-state index < -0.39 is 0 Å². The minimum atomic E-state index is 0.298. The molecule has 1 saturated heterocycles. The van der Waals surface area contributed by atoms with Gasteiger partial charge in [-0.05, 0) is 67.1 Å². The Morgan fingerprint density at radius 1 is 0.947 bits per heavy atom. The van der Waals surface area contributed by atoms with E-state index in [0.717, 1.165) is 63.5 Å². The average molecular weight is 509 g/mol. The Morgan fingerprint density at radius 3 is 2.55 bits per heavy atom. The van der Waals surface area contributed by atoms with Gasteiger partial charge in [-0.3, -0.25) is 14.3 Å². The van der Waals surface area contributed by atoms with E-state index >= 15 is 0 Å². The number of imidazole rings is 1. The monoisotopic (exact) mass is 508 g/mol. The van der Waals surface area contributed by atoms with Gasteiger partial charge >= 0.3 is 0 Å². The smallest absolute Gasteiger partial charge is 0.138 e. The number of benzene rings is 1. The molecule has 1 aliphatic heterocycles. The van der Waals surface area contributed by atoms with E-state index in [2.05, 4.69) is 101 Å². The van der Waals surface area contributed by atoms with E-state index in [0.29, 0.717) is 12.0 Å². The molecule has 0 spiro atoms. The summed E-state index contributed by atoms with van der Waals surface area (Å²) in [5.74, 6) is 1.79. The zero-order valence-corrected chi connectivity index (χ0v) is 23.1. The van der Waals surface area contributed by atoms with Crippen molar-refractivity contribution < 1.29 is 0 Å². The van der Waals surface area contributed by atoms with E-state index in [1.54, 1.807) is 0 Å². The van der Waals surface area contributed by atoms with E-state index in [4.69, 9.17) is 9.97 Å². The lowest BCUT2D eigenvalue weighted by Crippen LogP contribution is -2.45. The van der Waals surface area contributed by atoms with E-state index in [-0.39, 0.29) is 0 Å². The van der Waals surface area contributed by atoms with Crippen molar-refractivity contribution in [3.8, 4) is 0 Å². The van der Waals surface area contributed by atoms with Gasteiger partial charge in [-0.2, -0.15) is 0 Å². The van der Waals surface area contributed by atoms with Gasteiger partial charge < -0.3 is 9.80 Å². The predicted molar refractivity (Wildman–Crippen MR) is 155 cm³/mol. The second-order valence-electron chi connectivity index (χ2n) is 11.4. The van der Waals surface area contributed by atoms with Gasteiger partial charge in [-0.15, -0.1) is 0 Å². The molecule has 1 aromatic carbocycles. The number of pyridine rings is 2. The van der Waals surface area contributed by atoms with E-state index in [1.807, 2.05) is 6.20 Å². The SMILES string of the molecule is CC(C)c1ccc(CN(Cc2cn3c(N4CCN(C)CC4)cccc3n2)[C@H]2CCCc3cccnc32)cc1. The molecule has 6 rings (SSSR count). The number of hydrogen-bond acceptors (Lipinski definition) is 5. The summed E-state index contributed by atoms with van der Waals surface area (Å²) in [5, 5.41) is 0. The summed E-state index contributed by atoms with van der Waals surface area (Å²) in [6.07, 6.45) is 7.68. The lowest BCUT2D eigenvalue weighted by molar-refractivity contribution is 0.155. The molecule has 0 radical (unpaired) electrons. The number of piperazine rings is 1. The molecule has 2 aliphatic rings. The highest BCUT2D eigenvalue weighted by Crippen LogP contribution is 2.35. The van der Waals surface area contributed by atoms with Gasteiger partial charge in [-0.25, -0.2) is 4.98 Å². The molecule has 0 saturated carbocycles. The van der Waals surface area contributed by atoms with Gasteiger partial charge in [0, 0.05) is 51.7 Å². The van der Waals surface area contributed by atoms with Crippen molar-refractivity contribution in [1.82, 2.24) is 24.2 Å². The number of aryl methyl sites for hydroxylation is 1. The quantitative estimate of drug-likeness (QED) is 0.321. The minimum Gasteiger partial charge on any atom is -0.355 e. The summed E-state index contributed by atoms with van der Waals surface area (Å²) < 4.78 is 2.29. The summed E-state index contributed by atoms with van der Waals surface area (Å²) in [6, 6.07) is 20.3. The van der Waals surface area contributed by atoms with Crippen LogP contribution in [0.15, 0.2) is 67.0 Å². The van der Waals surface area contributed by atoms with Crippen LogP contribution in [0.1, 0.15) is 66.7 Å². The van der Waals surface area contributed by atoms with E-state index in [9.17, 15) is 0 Å². The number of likely N-dealkylation sites (N-methyl/N-ethyl adjacent to an activating group) is 1. The molecule has 0 bridgehead atoms. The second-order valence-corrected chi connectivity index (χ2v) is 11.4. The summed E-state index contributed by atoms with van der Waals surface area (Å²) >= 11 is 0. The molecular weight excluding hydrogens is 468 g/mol. The summed E-state index contributed by atoms with van der Waals surface area (Å²) in [5.41, 5.74) is 7.53. The Bertz CT molecular complexity index is 1370. The predicted octanol–water partition coefficient (Wildman–Crippen LogP) is 5.68. The first kappa shape index (κ1) is 25.1. The number of rotatable bonds is 7. The van der Waals surface area contributed by atoms with Crippen molar-refractivity contribution in [3.63, 3.8) is 0 Å². The van der Waals surface area contributed by atoms with Crippen LogP contribution in [0.2, 0.25) is 0 Å². The third-order valence-corrected chi connectivity index (χ3v) is 8.35. The molecule has 198 valence electrons. The number of nitrogens with zero attached hydrogens (tertiary/aromatic N) is 6. The highest BCUT2D eigenvalue weighted by Gasteiger charge is 2.28. The van der Waals surface area contributed by atoms with Crippen LogP contribution in [-0.4, -0.2) is 57.4 Å². The van der Waals surface area contributed by atoms with E-state index in [1.165, 1.54) is 34.6 Å². The average Bonchev–Trinajstić information content (AvgIpc) is 3.36. The third kappa shape index (κ3) is 5.20. The van der Waals surface area contributed by atoms with Gasteiger partial charge in [0.05, 0.1) is 17.4 Å². The lowest BCUT2D eigenvalue weighted by atomic mass is 9.90. The second kappa shape index (κ2) is 10.9. The number of fused-ring (bicyclic) bond motifs is 2. The number of hydrogen-bond donors (Lipinski definition) is 0. The molecule has 3 aromatic heterocycles. The molecule has 1 atom stereocenters. The van der Waals surface area contributed by atoms with Gasteiger partial charge in [0.1, 0.15) is 11.5 Å². The Hall–Kier alpha value is -3.22. The topological polar surface area (TPSA) is 39.9 Å². The van der Waals surface area contributed by atoms with Crippen molar-refractivity contribution in [2.75, 3.05) is 38.1 Å². The minimum absolute atomic E-state index is 0.298. The Balaban J connectivity index is 1.32. The zero-order chi connectivity index (χ0) is 26.1. The number of aromatic nitrogens is 3. The van der Waals surface area contributed by atoms with Crippen molar-refractivity contribution in [1.29, 1.82) is 0 Å². The fourth-order valence-corrected chi connectivity index (χ4v) is 6.08. The van der Waals surface area contributed by atoms with Crippen LogP contribution in [-0.2, 0) is 19.5 Å². The van der Waals surface area contributed by atoms with Gasteiger partial charge in [0.25, 0.3) is 0 Å². The fraction of sp³-hybridized carbons (Fsp3) is 0.438. The maximum atomic E-state index is 5.12. The lowest BCUT2D eigenvalue weighted by Gasteiger charge is -2.35. The maximum absolute atomic E-state index is 5.12. The highest BCUT2D eigenvalue weighted by molar-refractivity contribution is 5.53. The van der Waals surface area contributed by atoms with Crippen molar-refractivity contribution in [2.45, 2.75) is 58.2 Å². The van der Waals surface area contributed by atoms with Gasteiger partial charge in [-0.1, -0.05) is 50.2 Å². The Kier molecular flexibility index (Phi) is 7.18. The van der Waals surface area contributed by atoms with Crippen molar-refractivity contribution in [2.24, 2.45) is 0 Å². The molecule has 0 N–H and O–H groups in total. The molecule has 4 aromatic rings. The summed E-state index contributed by atoms with van der Waals surface area (Å²) in [7, 11) is 2.20. The molecule has 6 nitrogen and oxygen atoms in total. The molecule has 0 unspecified atom stereocenters. The molecular formula is C32H40N6. The molecule has 38 heavy (non-hydrogen) atoms. The van der Waals surface area contributed by atoms with Gasteiger partial charge in [0.15, 0.2) is 0 Å². The zero-order valence-electron chi connectivity index (χ0n) is 23.1. The maximum Gasteiger partial charge on any atom is 0.138 e. The fourth-order valence-electron chi connectivity index (χ4n) is 6.08. The molecule has 0 amide bonds. The standard InChI is InChI=1S/C32H40N6/c1-24(2)26-14-12-25(13-15-26)21-37(29-9-4-7-27-8-6-16-33-32(27)29)22-28-23-38-30(34-28)10-5-11-31(38)36-19-17-35(3)18-20-36/h5-6,8,10-16,23-24,29H,4,7,9,17-22H2,1-3H3/t29-/m0/s1. The van der Waals surface area contributed by atoms with Gasteiger partial charge in [0.2, 0.25) is 0 Å². The van der Waals surface area contributed by atoms with Crippen molar-refractivity contribution >= 4 is 11.5 Å². The first-order valence-corrected chi connectivity index (χ1v) is 14.2. The first-order chi connectivity index (χ1) is 18.5. The van der Waals surface area contributed by atoms with Crippen LogP contribution in [0.3, 0.4) is 0 Å². The Labute approximate surface area is 226 Å². The van der Waals surface area contributed by atoms with Crippen molar-refractivity contribution in [3.05, 3.63) is 95.1 Å². The summed E-state index contributed by atoms with van der Waals surface area (Å²) in [4.78, 5) is 17.5. The number of anilines is 1. The van der Waals surface area contributed by atoms with Crippen LogP contribution in [0.25, 0.3) is 5.65 Å². The Morgan fingerprint density at radius 2 is 1.76 bits per heavy atom. The third-order valence-electron chi connectivity index (χ3n) is 8.35.